The van der Waals surface area contributed by atoms with Gasteiger partial charge in [0.1, 0.15) is 11.5 Å². The first-order valence-electron chi connectivity index (χ1n) is 41.1. The molecule has 0 radical (unpaired) electrons. The van der Waals surface area contributed by atoms with Crippen LogP contribution in [-0.2, 0) is 36.9 Å². The summed E-state index contributed by atoms with van der Waals surface area (Å²) in [5.74, 6) is 4.63. The number of nitrogens with one attached hydrogen (secondary N) is 1. The van der Waals surface area contributed by atoms with Gasteiger partial charge in [-0.05, 0) is 289 Å². The van der Waals surface area contributed by atoms with Crippen LogP contribution in [0.3, 0.4) is 0 Å². The summed E-state index contributed by atoms with van der Waals surface area (Å²) in [5, 5.41) is 3.36. The molecular weight excluding hydrogens is 1540 g/mol. The number of carbonyl (C=O) groups excluding carboxylic acids is 1. The van der Waals surface area contributed by atoms with Crippen LogP contribution in [0.15, 0.2) is 285 Å². The first-order valence-corrected chi connectivity index (χ1v) is 43.1. The van der Waals surface area contributed by atoms with Crippen molar-refractivity contribution < 1.29 is 19.0 Å². The zero-order valence-electron chi connectivity index (χ0n) is 76.1. The molecule has 652 valence electrons. The number of aryl methyl sites for hydroxylation is 15. The molecule has 0 aliphatic carbocycles. The molecule has 13 heterocycles. The van der Waals surface area contributed by atoms with E-state index in [1.807, 2.05) is 289 Å². The number of pyridine rings is 13. The third-order valence-electron chi connectivity index (χ3n) is 14.5. The Morgan fingerprint density at radius 2 is 0.793 bits per heavy atom. The number of hydrogen-bond donors (Lipinski definition) is 1. The summed E-state index contributed by atoms with van der Waals surface area (Å²) in [4.78, 5) is 63.4. The minimum absolute atomic E-state index is 0. The van der Waals surface area contributed by atoms with E-state index in [-0.39, 0.29) is 7.43 Å². The molecule has 0 saturated heterocycles. The van der Waals surface area contributed by atoms with Crippen LogP contribution in [0.25, 0.3) is 0 Å². The molecule has 0 atom stereocenters. The number of ether oxygens (including phenoxy) is 3. The minimum Gasteiger partial charge on any atom is -0.494 e. The molecule has 0 unspecified atom stereocenters. The lowest BCUT2D eigenvalue weighted by Gasteiger charge is -1.98. The molecule has 0 aliphatic rings. The molecule has 0 fully saturated rings. The summed E-state index contributed by atoms with van der Waals surface area (Å²) in [6, 6.07) is 61.5. The molecule has 121 heavy (non-hydrogen) atoms. The highest BCUT2D eigenvalue weighted by Crippen LogP contribution is 2.15. The highest BCUT2D eigenvalue weighted by atomic mass is 32.2. The molecule has 0 aliphatic heterocycles. The molecule has 13 aromatic rings. The van der Waals surface area contributed by atoms with E-state index in [2.05, 4.69) is 183 Å². The van der Waals surface area contributed by atoms with Crippen molar-refractivity contribution in [1.29, 1.82) is 0 Å². The Hall–Kier alpha value is -11.5. The highest BCUT2D eigenvalue weighted by Gasteiger charge is 1.95. The number of carbonyl (C=O) groups is 1. The Morgan fingerprint density at radius 3 is 1.14 bits per heavy atom. The predicted octanol–water partition coefficient (Wildman–Crippen LogP) is 24.8. The molecular formula is C101H142N14O4S2. The van der Waals surface area contributed by atoms with Crippen molar-refractivity contribution in [2.45, 2.75) is 208 Å². The third kappa shape index (κ3) is 69.1. The smallest absolute Gasteiger partial charge is 0.213 e. The fourth-order valence-corrected chi connectivity index (χ4v) is 9.73. The number of thioether (sulfide) groups is 2. The number of hydrogen-bond acceptors (Lipinski definition) is 19. The average molecular weight is 1680 g/mol. The molecule has 0 bridgehead atoms. The lowest BCUT2D eigenvalue weighted by molar-refractivity contribution is -0.109. The number of nitrogens with zero attached hydrogens (tertiary/aromatic N) is 13. The van der Waals surface area contributed by atoms with E-state index in [9.17, 15) is 0 Å². The van der Waals surface area contributed by atoms with Gasteiger partial charge in [0, 0.05) is 156 Å². The van der Waals surface area contributed by atoms with E-state index in [4.69, 9.17) is 19.0 Å². The predicted molar refractivity (Wildman–Crippen MR) is 513 cm³/mol. The number of amides is 1. The minimum atomic E-state index is 0. The van der Waals surface area contributed by atoms with Crippen LogP contribution in [-0.4, -0.2) is 110 Å². The van der Waals surface area contributed by atoms with Crippen molar-refractivity contribution in [2.75, 3.05) is 38.4 Å². The Kier molecular flexibility index (Phi) is 76.0. The zero-order chi connectivity index (χ0) is 89.3. The topological polar surface area (TPSA) is 224 Å². The van der Waals surface area contributed by atoms with E-state index >= 15 is 0 Å². The molecule has 13 rings (SSSR count). The summed E-state index contributed by atoms with van der Waals surface area (Å²) < 4.78 is 15.4. The van der Waals surface area contributed by atoms with Crippen LogP contribution in [0, 0.1) is 69.2 Å². The molecule has 0 spiro atoms. The van der Waals surface area contributed by atoms with Crippen LogP contribution in [0.5, 0.6) is 17.4 Å². The standard InChI is InChI=1S/5C8H11N.3C7H9NO.2C7H9NS.2C7H9N.C6H7N.C3H8.C2H5NO.CH4/c1-3-8-6-7(2)4-5-9-8;1-3-8-5-4-7(2)6-9-8;1-3-8-7(2)5-4-6-9-8;2*1-3-8-6-4-5-7(2)9-8;1-2-9-7-3-5-8-6-4-7;1-2-9-7-4-3-5-8-6-7;1-2-9-7-5-3-4-6-8-7;1-2-9-7-3-5-8-6-4-7;1-2-9-7-5-3-4-6-8-7;2*1-6-3-4-7(2)8-5-6;1-6-4-2-3-5-7-6;1-3-2;1-3-2-4;/h5*4-6H,3H2,1-2H3;5*3-6H,2H2,1H3;2*3-5H,1-2H3;2-5H,1H3;3H2,1-2H3;2H,1H3,(H,3,4);1H4. The van der Waals surface area contributed by atoms with Gasteiger partial charge < -0.3 is 19.5 Å². The van der Waals surface area contributed by atoms with Crippen molar-refractivity contribution in [2.24, 2.45) is 0 Å². The molecule has 0 aromatic carbocycles. The van der Waals surface area contributed by atoms with Gasteiger partial charge in [0.05, 0.1) is 31.0 Å². The van der Waals surface area contributed by atoms with Gasteiger partial charge in [-0.2, -0.15) is 0 Å². The summed E-state index contributed by atoms with van der Waals surface area (Å²) in [6.07, 6.45) is 32.2. The maximum absolute atomic E-state index is 9.06. The first-order chi connectivity index (χ1) is 58.1. The lowest BCUT2D eigenvalue weighted by atomic mass is 10.2. The maximum Gasteiger partial charge on any atom is 0.213 e. The van der Waals surface area contributed by atoms with Gasteiger partial charge in [-0.25, -0.2) is 9.97 Å². The van der Waals surface area contributed by atoms with Crippen LogP contribution in [0.1, 0.15) is 182 Å². The van der Waals surface area contributed by atoms with Gasteiger partial charge in [0.2, 0.25) is 12.3 Å². The molecule has 0 saturated carbocycles. The van der Waals surface area contributed by atoms with Crippen molar-refractivity contribution in [3.05, 3.63) is 360 Å². The van der Waals surface area contributed by atoms with Crippen LogP contribution >= 0.6 is 23.5 Å². The van der Waals surface area contributed by atoms with Crippen molar-refractivity contribution in [1.82, 2.24) is 70.1 Å². The van der Waals surface area contributed by atoms with Crippen molar-refractivity contribution in [3.8, 4) is 17.4 Å². The van der Waals surface area contributed by atoms with Crippen molar-refractivity contribution in [3.63, 3.8) is 0 Å². The van der Waals surface area contributed by atoms with E-state index in [0.717, 1.165) is 88.6 Å². The fraction of sp³-hybridized carbons (Fsp3) is 0.347. The molecule has 18 nitrogen and oxygen atoms in total. The maximum atomic E-state index is 9.06. The fourth-order valence-electron chi connectivity index (χ4n) is 8.47. The molecule has 13 aromatic heterocycles. The van der Waals surface area contributed by atoms with E-state index < -0.39 is 0 Å². The Bertz CT molecular complexity index is 3970. The molecule has 20 heteroatoms. The Labute approximate surface area is 737 Å². The van der Waals surface area contributed by atoms with Gasteiger partial charge in [-0.1, -0.05) is 131 Å². The van der Waals surface area contributed by atoms with E-state index in [1.54, 1.807) is 56.0 Å². The monoisotopic (exact) mass is 1680 g/mol. The summed E-state index contributed by atoms with van der Waals surface area (Å²) in [7, 11) is 1.56. The highest BCUT2D eigenvalue weighted by molar-refractivity contribution is 7.99. The van der Waals surface area contributed by atoms with Gasteiger partial charge in [-0.15, -0.1) is 23.5 Å². The first kappa shape index (κ1) is 114. The van der Waals surface area contributed by atoms with Gasteiger partial charge in [-0.3, -0.25) is 59.6 Å². The summed E-state index contributed by atoms with van der Waals surface area (Å²) >= 11 is 3.60. The second-order valence-electron chi connectivity index (χ2n) is 25.3. The largest absolute Gasteiger partial charge is 0.494 e. The lowest BCUT2D eigenvalue weighted by Crippen LogP contribution is -1.98. The van der Waals surface area contributed by atoms with Crippen LogP contribution in [0.4, 0.5) is 0 Å². The normalized spacial score (nSPS) is 9.02. The summed E-state index contributed by atoms with van der Waals surface area (Å²) in [6.45, 7) is 47.3. The average Bonchev–Trinajstić information content (AvgIpc) is 0.915. The zero-order valence-corrected chi connectivity index (χ0v) is 77.7. The SMILES string of the molecule is C.CCC.CCOc1ccccn1.CCOc1cccnc1.CCOc1ccncc1.CCSc1ccccn1.CCSc1ccncc1.CCc1cc(C)ccn1.CCc1ccc(C)cn1.CCc1cccc(C)n1.CCc1cccc(C)n1.CCc1ncccc1C.CNC=O.Cc1ccc(C)nc1.Cc1ccc(C)nc1.Cc1ccccn1. The molecule has 1 amide bonds. The molecule has 1 N–H and O–H groups in total. The second kappa shape index (κ2) is 80.9. The number of aromatic nitrogens is 13. The van der Waals surface area contributed by atoms with Crippen LogP contribution in [0.2, 0.25) is 0 Å². The van der Waals surface area contributed by atoms with Gasteiger partial charge in [0.15, 0.2) is 0 Å². The Morgan fingerprint density at radius 1 is 0.331 bits per heavy atom. The van der Waals surface area contributed by atoms with E-state index in [0.29, 0.717) is 32.1 Å². The van der Waals surface area contributed by atoms with E-state index in [1.165, 1.54) is 67.6 Å². The van der Waals surface area contributed by atoms with Crippen LogP contribution < -0.4 is 19.5 Å². The second-order valence-corrected chi connectivity index (χ2v) is 27.9. The quantitative estimate of drug-likeness (QED) is 0.0701. The van der Waals surface area contributed by atoms with Gasteiger partial charge >= 0.3 is 0 Å². The third-order valence-corrected chi connectivity index (χ3v) is 16.2. The van der Waals surface area contributed by atoms with Gasteiger partial charge in [0.25, 0.3) is 0 Å². The summed E-state index contributed by atoms with van der Waals surface area (Å²) in [5.41, 5.74) is 17.6. The number of rotatable bonds is 16. The van der Waals surface area contributed by atoms with Crippen molar-refractivity contribution >= 4 is 29.9 Å². The Balaban J connectivity index is -0.00000124.